The van der Waals surface area contributed by atoms with Crippen LogP contribution in [-0.4, -0.2) is 85.0 Å². The molecule has 0 fully saturated rings. The van der Waals surface area contributed by atoms with Crippen LogP contribution in [0.5, 0.6) is 0 Å². The second kappa shape index (κ2) is 17.4. The van der Waals surface area contributed by atoms with Crippen molar-refractivity contribution in [1.29, 1.82) is 0 Å². The molecule has 4 aromatic rings. The molecular formula is C37H48N8O5. The van der Waals surface area contributed by atoms with E-state index in [9.17, 15) is 19.2 Å². The van der Waals surface area contributed by atoms with Crippen molar-refractivity contribution in [3.05, 3.63) is 70.0 Å². The highest BCUT2D eigenvalue weighted by molar-refractivity contribution is 5.79. The highest BCUT2D eigenvalue weighted by Gasteiger charge is 2.21. The summed E-state index contributed by atoms with van der Waals surface area (Å²) in [6, 6.07) is 10.7. The van der Waals surface area contributed by atoms with Gasteiger partial charge in [0.25, 0.3) is 0 Å². The summed E-state index contributed by atoms with van der Waals surface area (Å²) in [5.41, 5.74) is 3.06. The third-order valence-corrected chi connectivity index (χ3v) is 8.19. The lowest BCUT2D eigenvalue weighted by Gasteiger charge is -2.28. The molecule has 0 aliphatic rings. The first kappa shape index (κ1) is 37.6. The Morgan fingerprint density at radius 3 is 2.60 bits per heavy atom. The standard InChI is InChI=1S/C37H48N8O5/c1-7-43(22-21-41(5)36(49)50-37(2,3)4)34-18-12-16-29(38-34)25-44-26-30(39-40-44)15-11-9-8-10-14-28-19-20-32-33(24-28)42(6)35(48)45(32)31(27-47)17-13-23-46/h12,16,18-20,23-24,26-27,31H,7-9,11,13,15,17,21-22,25H2,1-6H3. The minimum atomic E-state index is -0.688. The maximum atomic E-state index is 12.9. The lowest BCUT2D eigenvalue weighted by atomic mass is 10.1. The molecule has 4 rings (SSSR count). The predicted molar refractivity (Wildman–Crippen MR) is 192 cm³/mol. The van der Waals surface area contributed by atoms with E-state index in [0.717, 1.165) is 61.1 Å². The van der Waals surface area contributed by atoms with Crippen LogP contribution >= 0.6 is 0 Å². The predicted octanol–water partition coefficient (Wildman–Crippen LogP) is 4.55. The molecule has 266 valence electrons. The third-order valence-electron chi connectivity index (χ3n) is 8.19. The van der Waals surface area contributed by atoms with Gasteiger partial charge in [0.2, 0.25) is 0 Å². The van der Waals surface area contributed by atoms with Gasteiger partial charge in [-0.2, -0.15) is 0 Å². The molecule has 3 heterocycles. The number of nitrogens with zero attached hydrogens (tertiary/aromatic N) is 8. The summed E-state index contributed by atoms with van der Waals surface area (Å²) in [5.74, 6) is 7.25. The summed E-state index contributed by atoms with van der Waals surface area (Å²) in [4.78, 5) is 56.2. The molecule has 1 amide bonds. The van der Waals surface area contributed by atoms with Gasteiger partial charge in [0.15, 0.2) is 0 Å². The number of ether oxygens (including phenoxy) is 1. The Labute approximate surface area is 293 Å². The van der Waals surface area contributed by atoms with Crippen molar-refractivity contribution in [3.8, 4) is 11.8 Å². The number of fused-ring (bicyclic) bond motifs is 1. The number of aryl methyl sites for hydroxylation is 2. The van der Waals surface area contributed by atoms with Crippen LogP contribution in [0.3, 0.4) is 0 Å². The van der Waals surface area contributed by atoms with E-state index >= 15 is 0 Å². The van der Waals surface area contributed by atoms with E-state index < -0.39 is 11.6 Å². The SMILES string of the molecule is CCN(CCN(C)C(=O)OC(C)(C)C)c1cccc(Cn2cc(CCCCC#Cc3ccc4c(c3)n(C)c(=O)n4C(C=O)CCC=O)nn2)n1. The molecule has 13 nitrogen and oxygen atoms in total. The van der Waals surface area contributed by atoms with Crippen LogP contribution < -0.4 is 10.6 Å². The number of aromatic nitrogens is 6. The van der Waals surface area contributed by atoms with Crippen LogP contribution in [0, 0.1) is 11.8 Å². The summed E-state index contributed by atoms with van der Waals surface area (Å²) >= 11 is 0. The zero-order valence-electron chi connectivity index (χ0n) is 30.0. The quantitative estimate of drug-likeness (QED) is 0.0946. The summed E-state index contributed by atoms with van der Waals surface area (Å²) in [6.45, 7) is 10.00. The molecule has 1 aromatic carbocycles. The van der Waals surface area contributed by atoms with Crippen molar-refractivity contribution in [1.82, 2.24) is 34.0 Å². The lowest BCUT2D eigenvalue weighted by Crippen LogP contribution is -2.39. The Hall–Kier alpha value is -5.25. The van der Waals surface area contributed by atoms with Gasteiger partial charge in [0, 0.05) is 58.3 Å². The third kappa shape index (κ3) is 10.1. The van der Waals surface area contributed by atoms with Gasteiger partial charge in [-0.15, -0.1) is 5.10 Å². The van der Waals surface area contributed by atoms with Gasteiger partial charge in [0.05, 0.1) is 35.0 Å². The summed E-state index contributed by atoms with van der Waals surface area (Å²) in [6.07, 6.45) is 6.87. The van der Waals surface area contributed by atoms with Gasteiger partial charge < -0.3 is 24.1 Å². The molecule has 13 heteroatoms. The minimum absolute atomic E-state index is 0.207. The molecule has 50 heavy (non-hydrogen) atoms. The number of imidazole rings is 1. The molecule has 0 saturated carbocycles. The van der Waals surface area contributed by atoms with E-state index in [1.807, 2.05) is 57.3 Å². The van der Waals surface area contributed by atoms with E-state index in [1.54, 1.807) is 29.7 Å². The number of carbonyl (C=O) groups excluding carboxylic acids is 3. The maximum absolute atomic E-state index is 12.9. The van der Waals surface area contributed by atoms with E-state index in [0.29, 0.717) is 37.1 Å². The zero-order chi connectivity index (χ0) is 36.3. The molecule has 0 spiro atoms. The number of hydrogen-bond donors (Lipinski definition) is 0. The molecule has 1 unspecified atom stereocenters. The number of benzene rings is 1. The van der Waals surface area contributed by atoms with Crippen molar-refractivity contribution >= 4 is 35.5 Å². The molecule has 0 bridgehead atoms. The topological polar surface area (TPSA) is 137 Å². The van der Waals surface area contributed by atoms with E-state index in [1.165, 1.54) is 9.13 Å². The second-order valence-electron chi connectivity index (χ2n) is 13.2. The average Bonchev–Trinajstić information content (AvgIpc) is 3.63. The number of carbonyl (C=O) groups is 3. The molecule has 0 N–H and O–H groups in total. The molecule has 1 atom stereocenters. The lowest BCUT2D eigenvalue weighted by molar-refractivity contribution is -0.111. The molecular weight excluding hydrogens is 636 g/mol. The van der Waals surface area contributed by atoms with Crippen molar-refractivity contribution in [2.24, 2.45) is 7.05 Å². The molecule has 0 radical (unpaired) electrons. The highest BCUT2D eigenvalue weighted by atomic mass is 16.6. The van der Waals surface area contributed by atoms with E-state index in [2.05, 4.69) is 34.0 Å². The van der Waals surface area contributed by atoms with Crippen molar-refractivity contribution in [3.63, 3.8) is 0 Å². The van der Waals surface area contributed by atoms with E-state index in [4.69, 9.17) is 9.72 Å². The Bertz CT molecular complexity index is 1890. The smallest absolute Gasteiger partial charge is 0.410 e. The first-order chi connectivity index (χ1) is 23.9. The fourth-order valence-corrected chi connectivity index (χ4v) is 5.51. The van der Waals surface area contributed by atoms with Gasteiger partial charge in [-0.3, -0.25) is 9.13 Å². The van der Waals surface area contributed by atoms with E-state index in [-0.39, 0.29) is 24.6 Å². The van der Waals surface area contributed by atoms with Gasteiger partial charge >= 0.3 is 11.8 Å². The highest BCUT2D eigenvalue weighted by Crippen LogP contribution is 2.20. The maximum Gasteiger partial charge on any atom is 0.410 e. The second-order valence-corrected chi connectivity index (χ2v) is 13.2. The average molecular weight is 685 g/mol. The van der Waals surface area contributed by atoms with Crippen LogP contribution in [0.1, 0.15) is 82.8 Å². The van der Waals surface area contributed by atoms with Crippen molar-refractivity contribution in [2.45, 2.75) is 84.4 Å². The Morgan fingerprint density at radius 1 is 1.08 bits per heavy atom. The number of amides is 1. The first-order valence-electron chi connectivity index (χ1n) is 17.1. The number of aldehydes is 2. The number of anilines is 1. The summed E-state index contributed by atoms with van der Waals surface area (Å²) in [5, 5.41) is 8.65. The van der Waals surface area contributed by atoms with Gasteiger partial charge in [-0.05, 0) is 83.7 Å². The van der Waals surface area contributed by atoms with Crippen LogP contribution in [0.4, 0.5) is 10.6 Å². The number of hydrogen-bond acceptors (Lipinski definition) is 9. The molecule has 0 aliphatic heterocycles. The number of likely N-dealkylation sites (N-methyl/N-ethyl adjacent to an activating group) is 2. The Kier molecular flexibility index (Phi) is 13.1. The van der Waals surface area contributed by atoms with Gasteiger partial charge in [-0.25, -0.2) is 19.3 Å². The fourth-order valence-electron chi connectivity index (χ4n) is 5.51. The van der Waals surface area contributed by atoms with Crippen LogP contribution in [-0.2, 0) is 34.3 Å². The van der Waals surface area contributed by atoms with Gasteiger partial charge in [-0.1, -0.05) is 23.1 Å². The van der Waals surface area contributed by atoms with Gasteiger partial charge in [0.1, 0.15) is 24.0 Å². The molecule has 0 saturated heterocycles. The largest absolute Gasteiger partial charge is 0.444 e. The van der Waals surface area contributed by atoms with Crippen molar-refractivity contribution in [2.75, 3.05) is 31.6 Å². The van der Waals surface area contributed by atoms with Crippen LogP contribution in [0.15, 0.2) is 47.4 Å². The first-order valence-corrected chi connectivity index (χ1v) is 17.1. The number of unbranched alkanes of at least 4 members (excludes halogenated alkanes) is 2. The summed E-state index contributed by atoms with van der Waals surface area (Å²) < 4.78 is 10.2. The monoisotopic (exact) mass is 684 g/mol. The van der Waals surface area contributed by atoms with Crippen molar-refractivity contribution < 1.29 is 19.1 Å². The Balaban J connectivity index is 1.26. The summed E-state index contributed by atoms with van der Waals surface area (Å²) in [7, 11) is 3.41. The molecule has 0 aliphatic carbocycles. The Morgan fingerprint density at radius 2 is 1.88 bits per heavy atom. The number of pyridine rings is 1. The fraction of sp³-hybridized carbons (Fsp3) is 0.486. The molecule has 3 aromatic heterocycles. The number of rotatable bonds is 16. The van der Waals surface area contributed by atoms with Crippen LogP contribution in [0.25, 0.3) is 11.0 Å². The normalized spacial score (nSPS) is 11.9. The minimum Gasteiger partial charge on any atom is -0.444 e. The zero-order valence-corrected chi connectivity index (χ0v) is 30.0. The van der Waals surface area contributed by atoms with Crippen LogP contribution in [0.2, 0.25) is 0 Å².